The highest BCUT2D eigenvalue weighted by atomic mass is 79.9. The Morgan fingerprint density at radius 2 is 1.94 bits per heavy atom. The van der Waals surface area contributed by atoms with Gasteiger partial charge in [-0.3, -0.25) is 0 Å². The van der Waals surface area contributed by atoms with Crippen molar-refractivity contribution in [2.45, 2.75) is 6.61 Å². The summed E-state index contributed by atoms with van der Waals surface area (Å²) in [6, 6.07) is 22.2. The van der Waals surface area contributed by atoms with E-state index in [0.717, 1.165) is 47.7 Å². The second kappa shape index (κ2) is 10.0. The number of para-hydroxylation sites is 1. The summed E-state index contributed by atoms with van der Waals surface area (Å²) in [7, 11) is 0. The summed E-state index contributed by atoms with van der Waals surface area (Å²) in [6.07, 6.45) is 7.27. The number of ether oxygens (including phenoxy) is 1. The molecule has 0 saturated heterocycles. The first-order chi connectivity index (χ1) is 15.1. The van der Waals surface area contributed by atoms with E-state index in [9.17, 15) is 4.55 Å². The van der Waals surface area contributed by atoms with E-state index in [0.29, 0.717) is 6.61 Å². The maximum Gasteiger partial charge on any atom is 0.186 e. The van der Waals surface area contributed by atoms with Crippen LogP contribution in [-0.4, -0.2) is 17.1 Å². The molecule has 0 radical (unpaired) electrons. The molecule has 0 bridgehead atoms. The molecule has 1 atom stereocenters. The maximum absolute atomic E-state index is 12.1. The summed E-state index contributed by atoms with van der Waals surface area (Å²) in [6.45, 7) is 0.397. The number of hydrogen-bond acceptors (Lipinski definition) is 4. The third kappa shape index (κ3) is 5.04. The van der Waals surface area contributed by atoms with Gasteiger partial charge in [-0.25, -0.2) is 0 Å². The van der Waals surface area contributed by atoms with Gasteiger partial charge in [0.05, 0.1) is 10.7 Å². The molecule has 4 rings (SSSR count). The highest BCUT2D eigenvalue weighted by Crippen LogP contribution is 2.37. The number of hydrogen-bond donors (Lipinski definition) is 0. The number of fused-ring (bicyclic) bond motifs is 1. The van der Waals surface area contributed by atoms with E-state index in [1.807, 2.05) is 54.8 Å². The molecular weight excluding hydrogens is 492 g/mol. The Morgan fingerprint density at radius 1 is 1.13 bits per heavy atom. The third-order valence-corrected chi connectivity index (χ3v) is 7.83. The van der Waals surface area contributed by atoms with Crippen molar-refractivity contribution in [3.63, 3.8) is 0 Å². The quantitative estimate of drug-likeness (QED) is 0.240. The van der Waals surface area contributed by atoms with Crippen molar-refractivity contribution < 1.29 is 13.7 Å². The van der Waals surface area contributed by atoms with E-state index in [-0.39, 0.29) is 0 Å². The Labute approximate surface area is 197 Å². The molecule has 0 aliphatic heterocycles. The lowest BCUT2D eigenvalue weighted by molar-refractivity contribution is 0.307. The zero-order valence-corrected chi connectivity index (χ0v) is 20.4. The fraction of sp³-hybridized carbons (Fsp3) is 0.120. The number of thioether (sulfide) groups is 1. The van der Waals surface area contributed by atoms with E-state index in [2.05, 4.69) is 40.2 Å². The number of furan rings is 1. The van der Waals surface area contributed by atoms with E-state index in [1.54, 1.807) is 12.5 Å². The van der Waals surface area contributed by atoms with Gasteiger partial charge in [0.1, 0.15) is 24.2 Å². The fourth-order valence-electron chi connectivity index (χ4n) is 3.40. The molecule has 1 unspecified atom stereocenters. The number of rotatable bonds is 7. The van der Waals surface area contributed by atoms with Crippen LogP contribution < -0.4 is 4.74 Å². The molecule has 0 fully saturated rings. The van der Waals surface area contributed by atoms with Gasteiger partial charge in [-0.1, -0.05) is 60.3 Å². The number of halogens is 1. The first-order valence-electron chi connectivity index (χ1n) is 9.63. The first-order valence-corrected chi connectivity index (χ1v) is 13.2. The molecule has 3 aromatic carbocycles. The summed E-state index contributed by atoms with van der Waals surface area (Å²) in [5.41, 5.74) is 4.84. The fourth-order valence-corrected chi connectivity index (χ4v) is 5.49. The lowest BCUT2D eigenvalue weighted by Gasteiger charge is -2.16. The molecular formula is C25H21BrO3S2. The monoisotopic (exact) mass is 512 g/mol. The van der Waals surface area contributed by atoms with Crippen LogP contribution in [-0.2, 0) is 17.8 Å². The van der Waals surface area contributed by atoms with Crippen molar-refractivity contribution in [3.8, 4) is 16.9 Å². The predicted octanol–water partition coefficient (Wildman–Crippen LogP) is 7.48. The van der Waals surface area contributed by atoms with Crippen molar-refractivity contribution in [1.29, 1.82) is 0 Å². The summed E-state index contributed by atoms with van der Waals surface area (Å²) in [5.74, 6) is 0.772. The van der Waals surface area contributed by atoms with Crippen LogP contribution in [0.15, 0.2) is 86.1 Å². The Kier molecular flexibility index (Phi) is 7.13. The van der Waals surface area contributed by atoms with Gasteiger partial charge in [0.25, 0.3) is 0 Å². The highest BCUT2D eigenvalue weighted by Gasteiger charge is 2.15. The third-order valence-electron chi connectivity index (χ3n) is 4.84. The van der Waals surface area contributed by atoms with Gasteiger partial charge >= 0.3 is 0 Å². The molecule has 3 nitrogen and oxygen atoms in total. The van der Waals surface area contributed by atoms with Crippen molar-refractivity contribution in [2.75, 3.05) is 12.5 Å². The van der Waals surface area contributed by atoms with Crippen molar-refractivity contribution in [1.82, 2.24) is 0 Å². The molecule has 6 heteroatoms. The average molecular weight is 513 g/mol. The molecule has 0 saturated carbocycles. The summed E-state index contributed by atoms with van der Waals surface area (Å²) in [4.78, 5) is 0. The van der Waals surface area contributed by atoms with Crippen LogP contribution >= 0.6 is 27.7 Å². The van der Waals surface area contributed by atoms with E-state index in [4.69, 9.17) is 9.15 Å². The Morgan fingerprint density at radius 3 is 2.68 bits per heavy atom. The van der Waals surface area contributed by atoms with Gasteiger partial charge in [0.15, 0.2) is 4.24 Å². The second-order valence-electron chi connectivity index (χ2n) is 6.92. The van der Waals surface area contributed by atoms with Crippen LogP contribution in [0.5, 0.6) is 5.75 Å². The van der Waals surface area contributed by atoms with Crippen molar-refractivity contribution in [2.24, 2.45) is 0 Å². The molecule has 1 heterocycles. The van der Waals surface area contributed by atoms with E-state index in [1.165, 1.54) is 11.8 Å². The molecule has 0 amide bonds. The average Bonchev–Trinajstić information content (AvgIpc) is 3.26. The molecule has 158 valence electrons. The van der Waals surface area contributed by atoms with Gasteiger partial charge in [0, 0.05) is 22.6 Å². The zero-order chi connectivity index (χ0) is 21.8. The molecule has 1 aromatic heterocycles. The van der Waals surface area contributed by atoms with Gasteiger partial charge in [0.2, 0.25) is 0 Å². The summed E-state index contributed by atoms with van der Waals surface area (Å²) in [5, 5.41) is 1.02. The van der Waals surface area contributed by atoms with Gasteiger partial charge in [-0.2, -0.15) is 0 Å². The van der Waals surface area contributed by atoms with E-state index >= 15 is 0 Å². The van der Waals surface area contributed by atoms with Crippen LogP contribution in [0.4, 0.5) is 0 Å². The molecule has 0 aliphatic rings. The number of benzene rings is 3. The standard InChI is InChI=1S/C25H21BrO3S2/c1-30-23(31(2)27)15-19-9-6-10-21(18-7-4-3-5-8-18)24(19)29-16-17-13-20-11-12-28-25(20)22(26)14-17/h3-15H,16H2,1-2H3/b23-15+. The topological polar surface area (TPSA) is 45.4 Å². The minimum atomic E-state index is -1.07. The summed E-state index contributed by atoms with van der Waals surface area (Å²) >= 11 is 4.01. The molecule has 0 aliphatic carbocycles. The molecule has 0 N–H and O–H groups in total. The van der Waals surface area contributed by atoms with Crippen LogP contribution in [0.1, 0.15) is 11.1 Å². The predicted molar refractivity (Wildman–Crippen MR) is 136 cm³/mol. The zero-order valence-electron chi connectivity index (χ0n) is 17.1. The smallest absolute Gasteiger partial charge is 0.186 e. The van der Waals surface area contributed by atoms with Gasteiger partial charge in [-0.15, -0.1) is 0 Å². The largest absolute Gasteiger partial charge is 0.611 e. The van der Waals surface area contributed by atoms with Gasteiger partial charge < -0.3 is 13.7 Å². The van der Waals surface area contributed by atoms with Crippen LogP contribution in [0, 0.1) is 0 Å². The second-order valence-corrected chi connectivity index (χ2v) is 10.2. The Bertz CT molecular complexity index is 1220. The van der Waals surface area contributed by atoms with Crippen molar-refractivity contribution >= 4 is 55.9 Å². The summed E-state index contributed by atoms with van der Waals surface area (Å²) < 4.78 is 25.8. The maximum atomic E-state index is 12.1. The lowest BCUT2D eigenvalue weighted by Crippen LogP contribution is -2.01. The van der Waals surface area contributed by atoms with Crippen LogP contribution in [0.2, 0.25) is 0 Å². The van der Waals surface area contributed by atoms with E-state index < -0.39 is 11.2 Å². The molecule has 0 spiro atoms. The minimum absolute atomic E-state index is 0.397. The minimum Gasteiger partial charge on any atom is -0.611 e. The van der Waals surface area contributed by atoms with Gasteiger partial charge in [-0.05, 0) is 62.7 Å². The lowest BCUT2D eigenvalue weighted by atomic mass is 10.0. The van der Waals surface area contributed by atoms with Crippen molar-refractivity contribution in [3.05, 3.63) is 92.8 Å². The Hall–Kier alpha value is -2.12. The highest BCUT2D eigenvalue weighted by molar-refractivity contribution is 9.10. The molecule has 4 aromatic rings. The SMILES string of the molecule is CS/C(=C\c1cccc(-c2ccccc2)c1OCc1cc(Br)c2occc2c1)[S+](C)[O-]. The van der Waals surface area contributed by atoms with Crippen LogP contribution in [0.3, 0.4) is 0 Å². The normalized spacial score (nSPS) is 12.8. The van der Waals surface area contributed by atoms with Crippen LogP contribution in [0.25, 0.3) is 28.2 Å². The Balaban J connectivity index is 1.75. The first kappa shape index (κ1) is 22.1. The molecule has 31 heavy (non-hydrogen) atoms.